The van der Waals surface area contributed by atoms with Gasteiger partial charge in [0.1, 0.15) is 0 Å². The molecule has 1 aliphatic heterocycles. The molecule has 0 amide bonds. The molecule has 1 fully saturated rings. The minimum atomic E-state index is -3.68. The summed E-state index contributed by atoms with van der Waals surface area (Å²) < 4.78 is 26.9. The number of anilines is 1. The van der Waals surface area contributed by atoms with Crippen LogP contribution in [0.3, 0.4) is 0 Å². The van der Waals surface area contributed by atoms with Crippen molar-refractivity contribution in [3.8, 4) is 0 Å². The van der Waals surface area contributed by atoms with Gasteiger partial charge in [0.2, 0.25) is 10.0 Å². The van der Waals surface area contributed by atoms with Crippen LogP contribution in [0.25, 0.3) is 0 Å². The summed E-state index contributed by atoms with van der Waals surface area (Å²) in [7, 11) is -3.68. The standard InChI is InChI=1S/C15H22N2O4S/c1-11(2)10-16-22(20,21)12-5-6-14(13(9-12)15(18)19)17-7-3-4-8-17/h5-6,9,11,16H,3-4,7-8,10H2,1-2H3,(H,18,19). The highest BCUT2D eigenvalue weighted by molar-refractivity contribution is 7.89. The molecule has 0 bridgehead atoms. The maximum Gasteiger partial charge on any atom is 0.337 e. The summed E-state index contributed by atoms with van der Waals surface area (Å²) in [6.07, 6.45) is 2.05. The minimum absolute atomic E-state index is 0.00602. The highest BCUT2D eigenvalue weighted by Crippen LogP contribution is 2.27. The molecule has 2 rings (SSSR count). The molecule has 122 valence electrons. The molecule has 1 aliphatic rings. The molecule has 22 heavy (non-hydrogen) atoms. The zero-order valence-electron chi connectivity index (χ0n) is 12.9. The topological polar surface area (TPSA) is 86.7 Å². The third-order valence-corrected chi connectivity index (χ3v) is 5.06. The first-order valence-electron chi connectivity index (χ1n) is 7.43. The molecule has 1 saturated heterocycles. The van der Waals surface area contributed by atoms with Crippen molar-refractivity contribution in [1.29, 1.82) is 0 Å². The fourth-order valence-corrected chi connectivity index (χ4v) is 3.69. The van der Waals surface area contributed by atoms with E-state index in [9.17, 15) is 18.3 Å². The summed E-state index contributed by atoms with van der Waals surface area (Å²) in [4.78, 5) is 13.5. The Morgan fingerprint density at radius 2 is 1.95 bits per heavy atom. The van der Waals surface area contributed by atoms with Crippen LogP contribution in [-0.2, 0) is 10.0 Å². The average Bonchev–Trinajstić information content (AvgIpc) is 2.98. The van der Waals surface area contributed by atoms with Gasteiger partial charge in [-0.1, -0.05) is 13.8 Å². The molecule has 6 nitrogen and oxygen atoms in total. The third-order valence-electron chi connectivity index (χ3n) is 3.64. The average molecular weight is 326 g/mol. The summed E-state index contributed by atoms with van der Waals surface area (Å²) in [6.45, 7) is 5.73. The van der Waals surface area contributed by atoms with Gasteiger partial charge in [-0.05, 0) is 37.0 Å². The molecule has 7 heteroatoms. The minimum Gasteiger partial charge on any atom is -0.478 e. The number of benzene rings is 1. The number of nitrogens with zero attached hydrogens (tertiary/aromatic N) is 1. The van der Waals surface area contributed by atoms with Crippen molar-refractivity contribution in [3.05, 3.63) is 23.8 Å². The normalized spacial score (nSPS) is 15.5. The quantitative estimate of drug-likeness (QED) is 0.834. The lowest BCUT2D eigenvalue weighted by Gasteiger charge is -2.20. The number of carboxylic acid groups (broad SMARTS) is 1. The SMILES string of the molecule is CC(C)CNS(=O)(=O)c1ccc(N2CCCC2)c(C(=O)O)c1. The lowest BCUT2D eigenvalue weighted by Crippen LogP contribution is -2.28. The Balaban J connectivity index is 2.35. The van der Waals surface area contributed by atoms with E-state index in [1.54, 1.807) is 6.07 Å². The van der Waals surface area contributed by atoms with Gasteiger partial charge in [0.05, 0.1) is 16.1 Å². The number of hydrogen-bond acceptors (Lipinski definition) is 4. The van der Waals surface area contributed by atoms with Gasteiger partial charge in [-0.25, -0.2) is 17.9 Å². The predicted octanol–water partition coefficient (Wildman–Crippen LogP) is 1.92. The zero-order chi connectivity index (χ0) is 16.3. The molecule has 0 saturated carbocycles. The largest absolute Gasteiger partial charge is 0.478 e. The Morgan fingerprint density at radius 1 is 1.32 bits per heavy atom. The molecule has 0 spiro atoms. The molecular weight excluding hydrogens is 304 g/mol. The van der Waals surface area contributed by atoms with Crippen LogP contribution in [0.1, 0.15) is 37.0 Å². The summed E-state index contributed by atoms with van der Waals surface area (Å²) >= 11 is 0. The van der Waals surface area contributed by atoms with E-state index >= 15 is 0 Å². The van der Waals surface area contributed by atoms with E-state index in [1.165, 1.54) is 12.1 Å². The molecule has 0 aromatic heterocycles. The van der Waals surface area contributed by atoms with Crippen molar-refractivity contribution < 1.29 is 18.3 Å². The Labute approximate surface area is 131 Å². The molecule has 0 radical (unpaired) electrons. The maximum absolute atomic E-state index is 12.2. The molecule has 1 aromatic carbocycles. The van der Waals surface area contributed by atoms with E-state index in [4.69, 9.17) is 0 Å². The van der Waals surface area contributed by atoms with Gasteiger partial charge in [-0.15, -0.1) is 0 Å². The third kappa shape index (κ3) is 3.78. The van der Waals surface area contributed by atoms with Gasteiger partial charge in [0.25, 0.3) is 0 Å². The smallest absolute Gasteiger partial charge is 0.337 e. The second kappa shape index (κ2) is 6.66. The summed E-state index contributed by atoms with van der Waals surface area (Å²) in [6, 6.07) is 4.32. The van der Waals surface area contributed by atoms with Gasteiger partial charge in [-0.2, -0.15) is 0 Å². The summed E-state index contributed by atoms with van der Waals surface area (Å²) in [5.41, 5.74) is 0.627. The molecule has 0 atom stereocenters. The van der Waals surface area contributed by atoms with Gasteiger partial charge in [0.15, 0.2) is 0 Å². The van der Waals surface area contributed by atoms with Crippen molar-refractivity contribution in [2.45, 2.75) is 31.6 Å². The monoisotopic (exact) mass is 326 g/mol. The van der Waals surface area contributed by atoms with Crippen LogP contribution in [0.5, 0.6) is 0 Å². The van der Waals surface area contributed by atoms with Crippen molar-refractivity contribution in [3.63, 3.8) is 0 Å². The Kier molecular flexibility index (Phi) is 5.08. The summed E-state index contributed by atoms with van der Waals surface area (Å²) in [5.74, 6) is -0.930. The number of carbonyl (C=O) groups is 1. The lowest BCUT2D eigenvalue weighted by molar-refractivity contribution is 0.0697. The predicted molar refractivity (Wildman–Crippen MR) is 84.9 cm³/mol. The van der Waals surface area contributed by atoms with Gasteiger partial charge in [-0.3, -0.25) is 0 Å². The highest BCUT2D eigenvalue weighted by Gasteiger charge is 2.23. The van der Waals surface area contributed by atoms with Crippen LogP contribution in [0.4, 0.5) is 5.69 Å². The van der Waals surface area contributed by atoms with E-state index in [-0.39, 0.29) is 16.4 Å². The van der Waals surface area contributed by atoms with E-state index in [1.807, 2.05) is 18.7 Å². The first-order valence-corrected chi connectivity index (χ1v) is 8.91. The number of carboxylic acids is 1. The summed E-state index contributed by atoms with van der Waals surface area (Å²) in [5, 5.41) is 9.39. The van der Waals surface area contributed by atoms with Crippen LogP contribution >= 0.6 is 0 Å². The number of aromatic carboxylic acids is 1. The number of sulfonamides is 1. The highest BCUT2D eigenvalue weighted by atomic mass is 32.2. The number of nitrogens with one attached hydrogen (secondary N) is 1. The van der Waals surface area contributed by atoms with E-state index in [2.05, 4.69) is 4.72 Å². The maximum atomic E-state index is 12.2. The van der Waals surface area contributed by atoms with E-state index in [0.717, 1.165) is 25.9 Å². The molecule has 0 unspecified atom stereocenters. The van der Waals surface area contributed by atoms with Crippen molar-refractivity contribution in [2.24, 2.45) is 5.92 Å². The van der Waals surface area contributed by atoms with Gasteiger partial charge < -0.3 is 10.0 Å². The molecule has 1 aromatic rings. The zero-order valence-corrected chi connectivity index (χ0v) is 13.7. The molecular formula is C15H22N2O4S. The van der Waals surface area contributed by atoms with Crippen molar-refractivity contribution in [1.82, 2.24) is 4.72 Å². The lowest BCUT2D eigenvalue weighted by atomic mass is 10.1. The van der Waals surface area contributed by atoms with E-state index < -0.39 is 16.0 Å². The van der Waals surface area contributed by atoms with Crippen LogP contribution in [0.15, 0.2) is 23.1 Å². The van der Waals surface area contributed by atoms with E-state index in [0.29, 0.717) is 12.2 Å². The second-order valence-corrected chi connectivity index (χ2v) is 7.69. The second-order valence-electron chi connectivity index (χ2n) is 5.92. The first-order chi connectivity index (χ1) is 10.3. The van der Waals surface area contributed by atoms with Crippen LogP contribution < -0.4 is 9.62 Å². The van der Waals surface area contributed by atoms with Gasteiger partial charge >= 0.3 is 5.97 Å². The fourth-order valence-electron chi connectivity index (χ4n) is 2.45. The van der Waals surface area contributed by atoms with Crippen LogP contribution in [-0.4, -0.2) is 39.1 Å². The number of hydrogen-bond donors (Lipinski definition) is 2. The Bertz CT molecular complexity index is 650. The Morgan fingerprint density at radius 3 is 2.50 bits per heavy atom. The van der Waals surface area contributed by atoms with Crippen molar-refractivity contribution in [2.75, 3.05) is 24.5 Å². The van der Waals surface area contributed by atoms with Crippen LogP contribution in [0, 0.1) is 5.92 Å². The molecule has 1 heterocycles. The number of rotatable bonds is 6. The van der Waals surface area contributed by atoms with Gasteiger partial charge in [0, 0.05) is 19.6 Å². The van der Waals surface area contributed by atoms with Crippen molar-refractivity contribution >= 4 is 21.7 Å². The first kappa shape index (κ1) is 16.8. The fraction of sp³-hybridized carbons (Fsp3) is 0.533. The van der Waals surface area contributed by atoms with Crippen LogP contribution in [0.2, 0.25) is 0 Å². The molecule has 0 aliphatic carbocycles. The molecule has 2 N–H and O–H groups in total. The Hall–Kier alpha value is -1.60.